The number of hydrogen-bond acceptors (Lipinski definition) is 12. The number of nitrogens with one attached hydrogen (secondary N) is 3. The normalized spacial score (nSPS) is 27.6. The molecule has 398 valence electrons. The van der Waals surface area contributed by atoms with E-state index in [0.717, 1.165) is 83.0 Å². The number of rotatable bonds is 11. The van der Waals surface area contributed by atoms with Crippen LogP contribution in [0.1, 0.15) is 149 Å². The summed E-state index contributed by atoms with van der Waals surface area (Å²) in [6.45, 7) is 8.47. The number of imide groups is 2. The molecule has 6 aliphatic heterocycles. The first kappa shape index (κ1) is 48.9. The van der Waals surface area contributed by atoms with Crippen molar-refractivity contribution in [3.05, 3.63) is 65.5 Å². The van der Waals surface area contributed by atoms with E-state index >= 15 is 4.79 Å². The van der Waals surface area contributed by atoms with Gasteiger partial charge < -0.3 is 34.8 Å². The van der Waals surface area contributed by atoms with Crippen molar-refractivity contribution < 1.29 is 33.6 Å². The third-order valence-corrected chi connectivity index (χ3v) is 18.8. The molecule has 3 aliphatic carbocycles. The van der Waals surface area contributed by atoms with Gasteiger partial charge in [0.2, 0.25) is 29.5 Å². The molecule has 8 heterocycles. The highest BCUT2D eigenvalue weighted by Gasteiger charge is 2.56. The number of aromatic nitrogens is 3. The maximum absolute atomic E-state index is 15.3. The fourth-order valence-corrected chi connectivity index (χ4v) is 14.2. The van der Waals surface area contributed by atoms with Crippen LogP contribution in [0.3, 0.4) is 0 Å². The van der Waals surface area contributed by atoms with Crippen molar-refractivity contribution in [3.8, 4) is 11.3 Å². The molecule has 3 N–H and O–H groups in total. The van der Waals surface area contributed by atoms with Crippen LogP contribution >= 0.6 is 0 Å². The summed E-state index contributed by atoms with van der Waals surface area (Å²) in [7, 11) is 0. The minimum atomic E-state index is -1.04. The SMILES string of the molecule is CC(C)n1cnc2cc(-c3ccc4c(c3)N(C3CC(N5CCCCC5)C3)C(=O)C43CCN(C(=O)[C@@H]4CCN(C(=O)C5CCC(Nc6cccc7c6C(=O)N(C6CCC(=O)NC6=O)C7=O)CC5)C4)CC3)nc(NC3CC3)c21. The van der Waals surface area contributed by atoms with Crippen LogP contribution in [-0.2, 0) is 29.4 Å². The lowest BCUT2D eigenvalue weighted by molar-refractivity contribution is -0.140. The molecule has 0 radical (unpaired) electrons. The Hall–Kier alpha value is -6.69. The summed E-state index contributed by atoms with van der Waals surface area (Å²) < 4.78 is 2.18. The van der Waals surface area contributed by atoms with Gasteiger partial charge in [-0.05, 0) is 147 Å². The van der Waals surface area contributed by atoms with Crippen LogP contribution in [-0.4, -0.2) is 145 Å². The summed E-state index contributed by atoms with van der Waals surface area (Å²) in [4.78, 5) is 115. The number of likely N-dealkylation sites (tertiary alicyclic amines) is 3. The number of pyridine rings is 1. The van der Waals surface area contributed by atoms with Crippen molar-refractivity contribution in [2.24, 2.45) is 11.8 Å². The molecule has 9 aliphatic rings. The Morgan fingerprint density at radius 2 is 1.47 bits per heavy atom. The van der Waals surface area contributed by atoms with E-state index in [9.17, 15) is 28.8 Å². The monoisotopic (exact) mass is 1030 g/mol. The highest BCUT2D eigenvalue weighted by molar-refractivity contribution is 6.25. The van der Waals surface area contributed by atoms with Gasteiger partial charge in [0.1, 0.15) is 11.6 Å². The quantitative estimate of drug-likeness (QED) is 0.140. The van der Waals surface area contributed by atoms with Crippen LogP contribution in [0.25, 0.3) is 22.3 Å². The lowest BCUT2D eigenvalue weighted by atomic mass is 9.73. The predicted molar refractivity (Wildman–Crippen MR) is 284 cm³/mol. The zero-order valence-electron chi connectivity index (χ0n) is 43.7. The first-order valence-corrected chi connectivity index (χ1v) is 28.4. The van der Waals surface area contributed by atoms with Gasteiger partial charge in [-0.2, -0.15) is 0 Å². The molecule has 1 spiro atoms. The number of fused-ring (bicyclic) bond motifs is 4. The largest absolute Gasteiger partial charge is 0.382 e. The van der Waals surface area contributed by atoms with E-state index in [4.69, 9.17) is 9.97 Å². The van der Waals surface area contributed by atoms with Crippen LogP contribution in [0.15, 0.2) is 48.8 Å². The molecule has 4 saturated heterocycles. The third kappa shape index (κ3) is 8.35. The number of anilines is 3. The van der Waals surface area contributed by atoms with Gasteiger partial charge in [0, 0.05) is 85.7 Å². The van der Waals surface area contributed by atoms with Gasteiger partial charge >= 0.3 is 0 Å². The molecule has 2 aromatic heterocycles. The average molecular weight is 1030 g/mol. The molecule has 7 fully saturated rings. The zero-order chi connectivity index (χ0) is 52.1. The Kier molecular flexibility index (Phi) is 12.3. The fraction of sp³-hybridized carbons (Fsp3) is 0.569. The number of benzene rings is 2. The number of amides is 7. The third-order valence-electron chi connectivity index (χ3n) is 18.8. The summed E-state index contributed by atoms with van der Waals surface area (Å²) in [5, 5.41) is 9.42. The predicted octanol–water partition coefficient (Wildman–Crippen LogP) is 6.40. The van der Waals surface area contributed by atoms with E-state index < -0.39 is 35.1 Å². The lowest BCUT2D eigenvalue weighted by Crippen LogP contribution is -2.58. The van der Waals surface area contributed by atoms with E-state index in [0.29, 0.717) is 88.9 Å². The second-order valence-electron chi connectivity index (χ2n) is 23.7. The number of carbonyl (C=O) groups excluding carboxylic acids is 7. The van der Waals surface area contributed by atoms with Crippen molar-refractivity contribution in [3.63, 3.8) is 0 Å². The van der Waals surface area contributed by atoms with Crippen LogP contribution in [0.4, 0.5) is 17.2 Å². The molecule has 1 unspecified atom stereocenters. The molecule has 7 amide bonds. The van der Waals surface area contributed by atoms with E-state index in [1.54, 1.807) is 18.2 Å². The number of nitrogens with zero attached hydrogens (tertiary/aromatic N) is 8. The summed E-state index contributed by atoms with van der Waals surface area (Å²) in [5.74, 6) is -1.48. The topological polar surface area (TPSA) is 202 Å². The molecular formula is C58H69N11O7. The van der Waals surface area contributed by atoms with Gasteiger partial charge in [0.25, 0.3) is 11.8 Å². The summed E-state index contributed by atoms with van der Waals surface area (Å²) >= 11 is 0. The van der Waals surface area contributed by atoms with Crippen molar-refractivity contribution in [1.29, 1.82) is 0 Å². The highest BCUT2D eigenvalue weighted by atomic mass is 16.2. The van der Waals surface area contributed by atoms with Crippen molar-refractivity contribution in [1.82, 2.24) is 39.5 Å². The smallest absolute Gasteiger partial charge is 0.264 e. The van der Waals surface area contributed by atoms with Crippen molar-refractivity contribution >= 4 is 69.6 Å². The van der Waals surface area contributed by atoms with E-state index in [1.165, 1.54) is 19.3 Å². The minimum Gasteiger partial charge on any atom is -0.382 e. The van der Waals surface area contributed by atoms with Gasteiger partial charge in [-0.1, -0.05) is 24.6 Å². The summed E-state index contributed by atoms with van der Waals surface area (Å²) in [6, 6.07) is 13.8. The molecule has 2 aromatic carbocycles. The Bertz CT molecular complexity index is 3060. The van der Waals surface area contributed by atoms with Gasteiger partial charge in [0.15, 0.2) is 5.82 Å². The van der Waals surface area contributed by atoms with Crippen molar-refractivity contribution in [2.75, 3.05) is 54.8 Å². The molecule has 0 bridgehead atoms. The Labute approximate surface area is 442 Å². The first-order chi connectivity index (χ1) is 36.8. The Morgan fingerprint density at radius 1 is 0.737 bits per heavy atom. The van der Waals surface area contributed by atoms with Crippen molar-refractivity contribution in [2.45, 2.75) is 158 Å². The van der Waals surface area contributed by atoms with Gasteiger partial charge in [-0.3, -0.25) is 43.8 Å². The zero-order valence-corrected chi connectivity index (χ0v) is 43.7. The van der Waals surface area contributed by atoms with E-state index in [-0.39, 0.29) is 71.7 Å². The first-order valence-electron chi connectivity index (χ1n) is 28.4. The maximum Gasteiger partial charge on any atom is 0.264 e. The minimum absolute atomic E-state index is 0.0353. The van der Waals surface area contributed by atoms with E-state index in [2.05, 4.69) is 68.4 Å². The summed E-state index contributed by atoms with van der Waals surface area (Å²) in [5.41, 5.74) is 6.01. The fourth-order valence-electron chi connectivity index (χ4n) is 14.2. The standard InChI is InChI=1S/C58H69N11O7/c1-33(2)67-32-59-45-30-44(62-51(50(45)67)61-38-14-15-38)35-11-16-42-47(27-35)68(40-28-39(29-40)64-22-4-3-5-23-64)57(76)58(42)20-25-65(26-21-58)54(73)36-19-24-66(31-36)53(72)34-9-12-37(13-10-34)60-43-8-6-7-41-49(43)56(75)69(55(41)74)46-17-18-48(70)63-52(46)71/h6-8,11,16,27,30,32-34,36-40,46,60H,3-5,9-10,12-15,17-26,28-29,31H2,1-2H3,(H,61,62)(H,63,70,71)/t34?,36-,37?,39?,40?,46?/m1/s1. The molecule has 3 saturated carbocycles. The van der Waals surface area contributed by atoms with Crippen LogP contribution in [0.5, 0.6) is 0 Å². The molecule has 76 heavy (non-hydrogen) atoms. The second-order valence-corrected chi connectivity index (χ2v) is 23.7. The molecule has 2 atom stereocenters. The van der Waals surface area contributed by atoms with Crippen LogP contribution < -0.4 is 20.9 Å². The van der Waals surface area contributed by atoms with E-state index in [1.807, 2.05) is 16.1 Å². The number of imidazole rings is 1. The average Bonchev–Trinajstić information content (AvgIpc) is 3.89. The second kappa shape index (κ2) is 19.1. The number of carbonyl (C=O) groups is 7. The van der Waals surface area contributed by atoms with Crippen LogP contribution in [0, 0.1) is 11.8 Å². The molecule has 13 rings (SSSR count). The maximum atomic E-state index is 15.3. The lowest BCUT2D eigenvalue weighted by Gasteiger charge is -2.48. The number of piperidine rings is 3. The highest BCUT2D eigenvalue weighted by Crippen LogP contribution is 2.52. The molecule has 18 heteroatoms. The van der Waals surface area contributed by atoms with Crippen LogP contribution in [0.2, 0.25) is 0 Å². The summed E-state index contributed by atoms with van der Waals surface area (Å²) in [6.07, 6.45) is 14.4. The molecule has 18 nitrogen and oxygen atoms in total. The Balaban J connectivity index is 0.661. The molecule has 4 aromatic rings. The Morgan fingerprint density at radius 3 is 2.21 bits per heavy atom. The van der Waals surface area contributed by atoms with Gasteiger partial charge in [-0.15, -0.1) is 0 Å². The van der Waals surface area contributed by atoms with Gasteiger partial charge in [0.05, 0.1) is 40.0 Å². The molecular weight excluding hydrogens is 963 g/mol. The van der Waals surface area contributed by atoms with Gasteiger partial charge in [-0.25, -0.2) is 9.97 Å². The number of hydrogen-bond donors (Lipinski definition) is 3.